The van der Waals surface area contributed by atoms with E-state index in [1.54, 1.807) is 0 Å². The molecular formula is C14H27NO. The molecule has 2 saturated carbocycles. The Hall–Kier alpha value is -0.0800. The van der Waals surface area contributed by atoms with Gasteiger partial charge in [0.2, 0.25) is 0 Å². The van der Waals surface area contributed by atoms with Crippen LogP contribution in [-0.4, -0.2) is 23.8 Å². The van der Waals surface area contributed by atoms with Crippen molar-refractivity contribution in [1.82, 2.24) is 5.32 Å². The minimum atomic E-state index is -0.174. The van der Waals surface area contributed by atoms with E-state index in [0.717, 1.165) is 18.9 Å². The smallest absolute Gasteiger partial charge is 0.0524 e. The molecule has 0 spiro atoms. The number of nitrogens with one attached hydrogen (secondary N) is 1. The molecule has 2 aliphatic carbocycles. The first-order valence-electron chi connectivity index (χ1n) is 6.79. The van der Waals surface area contributed by atoms with Crippen LogP contribution in [0, 0.1) is 16.7 Å². The molecule has 2 aliphatic rings. The van der Waals surface area contributed by atoms with E-state index in [4.69, 9.17) is 0 Å². The summed E-state index contributed by atoms with van der Waals surface area (Å²) < 4.78 is 0. The summed E-state index contributed by atoms with van der Waals surface area (Å²) in [6.45, 7) is 10.2. The highest BCUT2D eigenvalue weighted by Gasteiger charge is 2.60. The van der Waals surface area contributed by atoms with Crippen LogP contribution < -0.4 is 5.32 Å². The Bertz CT molecular complexity index is 261. The maximum atomic E-state index is 9.29. The van der Waals surface area contributed by atoms with Crippen LogP contribution in [0.2, 0.25) is 0 Å². The standard InChI is InChI=1S/C14H27NO/c1-10(16)6-8-15-12-9-11-5-7-14(12,4)13(11,2)3/h10-12,15-16H,5-9H2,1-4H3/t10?,11?,12?,14-/m0/s1. The molecule has 2 rings (SSSR count). The van der Waals surface area contributed by atoms with Gasteiger partial charge in [0.1, 0.15) is 0 Å². The second-order valence-electron chi connectivity index (χ2n) is 6.75. The van der Waals surface area contributed by atoms with Crippen LogP contribution >= 0.6 is 0 Å². The Kier molecular flexibility index (Phi) is 3.09. The van der Waals surface area contributed by atoms with Crippen molar-refractivity contribution in [1.29, 1.82) is 0 Å². The lowest BCUT2D eigenvalue weighted by atomic mass is 9.69. The predicted octanol–water partition coefficient (Wildman–Crippen LogP) is 2.56. The van der Waals surface area contributed by atoms with Crippen molar-refractivity contribution in [2.45, 2.75) is 65.5 Å². The van der Waals surface area contributed by atoms with Crippen molar-refractivity contribution in [3.8, 4) is 0 Å². The first kappa shape index (κ1) is 12.4. The van der Waals surface area contributed by atoms with Crippen molar-refractivity contribution in [2.24, 2.45) is 16.7 Å². The largest absolute Gasteiger partial charge is 0.393 e. The molecule has 94 valence electrons. The first-order valence-corrected chi connectivity index (χ1v) is 6.79. The average Bonchev–Trinajstić information content (AvgIpc) is 2.49. The SMILES string of the molecule is CC(O)CCNC1CC2CC[C@]1(C)C2(C)C. The summed E-state index contributed by atoms with van der Waals surface area (Å²) in [6.07, 6.45) is 4.82. The molecule has 0 saturated heterocycles. The van der Waals surface area contributed by atoms with E-state index < -0.39 is 0 Å². The van der Waals surface area contributed by atoms with Crippen LogP contribution in [0.5, 0.6) is 0 Å². The van der Waals surface area contributed by atoms with E-state index in [2.05, 4.69) is 26.1 Å². The van der Waals surface area contributed by atoms with Gasteiger partial charge in [0, 0.05) is 6.04 Å². The molecule has 2 fully saturated rings. The fourth-order valence-electron chi connectivity index (χ4n) is 3.98. The lowest BCUT2D eigenvalue weighted by molar-refractivity contribution is 0.117. The van der Waals surface area contributed by atoms with Crippen LogP contribution in [0.4, 0.5) is 0 Å². The second-order valence-corrected chi connectivity index (χ2v) is 6.75. The molecule has 0 aromatic carbocycles. The molecule has 2 N–H and O–H groups in total. The molecule has 0 aromatic rings. The molecule has 0 amide bonds. The number of fused-ring (bicyclic) bond motifs is 2. The Balaban J connectivity index is 1.94. The Morgan fingerprint density at radius 1 is 1.38 bits per heavy atom. The van der Waals surface area contributed by atoms with Gasteiger partial charge in [0.15, 0.2) is 0 Å². The molecule has 16 heavy (non-hydrogen) atoms. The van der Waals surface area contributed by atoms with Crippen molar-refractivity contribution in [3.63, 3.8) is 0 Å². The fourth-order valence-corrected chi connectivity index (χ4v) is 3.98. The van der Waals surface area contributed by atoms with Gasteiger partial charge < -0.3 is 10.4 Å². The second kappa shape index (κ2) is 3.99. The summed E-state index contributed by atoms with van der Waals surface area (Å²) in [5.41, 5.74) is 0.964. The highest BCUT2D eigenvalue weighted by atomic mass is 16.3. The zero-order valence-electron chi connectivity index (χ0n) is 11.2. The quantitative estimate of drug-likeness (QED) is 0.770. The summed E-state index contributed by atoms with van der Waals surface area (Å²) in [6, 6.07) is 0.667. The molecule has 0 radical (unpaired) electrons. The molecule has 3 unspecified atom stereocenters. The highest BCUT2D eigenvalue weighted by molar-refractivity contribution is 5.12. The van der Waals surface area contributed by atoms with Gasteiger partial charge in [-0.3, -0.25) is 0 Å². The van der Waals surface area contributed by atoms with E-state index in [1.165, 1.54) is 19.3 Å². The third-order valence-corrected chi connectivity index (χ3v) is 5.75. The summed E-state index contributed by atoms with van der Waals surface area (Å²) in [5, 5.41) is 13.0. The lowest BCUT2D eigenvalue weighted by Crippen LogP contribution is -2.45. The van der Waals surface area contributed by atoms with Crippen LogP contribution in [0.25, 0.3) is 0 Å². The van der Waals surface area contributed by atoms with Gasteiger partial charge >= 0.3 is 0 Å². The molecule has 0 heterocycles. The minimum absolute atomic E-state index is 0.174. The van der Waals surface area contributed by atoms with E-state index in [-0.39, 0.29) is 6.10 Å². The molecule has 2 bridgehead atoms. The molecule has 2 heteroatoms. The summed E-state index contributed by atoms with van der Waals surface area (Å²) in [5.74, 6) is 0.904. The van der Waals surface area contributed by atoms with E-state index >= 15 is 0 Å². The van der Waals surface area contributed by atoms with Gasteiger partial charge in [-0.2, -0.15) is 0 Å². The number of hydrogen-bond donors (Lipinski definition) is 2. The number of rotatable bonds is 4. The first-order chi connectivity index (χ1) is 7.38. The molecular weight excluding hydrogens is 198 g/mol. The lowest BCUT2D eigenvalue weighted by Gasteiger charge is -2.39. The van der Waals surface area contributed by atoms with Crippen LogP contribution in [0.15, 0.2) is 0 Å². The van der Waals surface area contributed by atoms with Gasteiger partial charge in [-0.15, -0.1) is 0 Å². The Morgan fingerprint density at radius 3 is 2.50 bits per heavy atom. The van der Waals surface area contributed by atoms with Crippen molar-refractivity contribution < 1.29 is 5.11 Å². The van der Waals surface area contributed by atoms with E-state index in [0.29, 0.717) is 16.9 Å². The van der Waals surface area contributed by atoms with Crippen LogP contribution in [0.1, 0.15) is 53.4 Å². The van der Waals surface area contributed by atoms with Gasteiger partial charge in [0.05, 0.1) is 6.10 Å². The topological polar surface area (TPSA) is 32.3 Å². The highest BCUT2D eigenvalue weighted by Crippen LogP contribution is 2.65. The van der Waals surface area contributed by atoms with E-state index in [1.807, 2.05) is 6.92 Å². The number of aliphatic hydroxyl groups excluding tert-OH is 1. The van der Waals surface area contributed by atoms with Gasteiger partial charge in [0.25, 0.3) is 0 Å². The summed E-state index contributed by atoms with van der Waals surface area (Å²) >= 11 is 0. The van der Waals surface area contributed by atoms with Crippen LogP contribution in [-0.2, 0) is 0 Å². The van der Waals surface area contributed by atoms with Crippen molar-refractivity contribution in [2.75, 3.05) is 6.54 Å². The normalized spacial score (nSPS) is 42.6. The number of aliphatic hydroxyl groups is 1. The van der Waals surface area contributed by atoms with Gasteiger partial charge in [-0.1, -0.05) is 20.8 Å². The van der Waals surface area contributed by atoms with E-state index in [9.17, 15) is 5.11 Å². The Morgan fingerprint density at radius 2 is 2.06 bits per heavy atom. The van der Waals surface area contributed by atoms with Gasteiger partial charge in [-0.05, 0) is 55.9 Å². The third kappa shape index (κ3) is 1.70. The maximum absolute atomic E-state index is 9.29. The molecule has 2 nitrogen and oxygen atoms in total. The van der Waals surface area contributed by atoms with Crippen LogP contribution in [0.3, 0.4) is 0 Å². The van der Waals surface area contributed by atoms with Crippen molar-refractivity contribution in [3.05, 3.63) is 0 Å². The summed E-state index contributed by atoms with van der Waals surface area (Å²) in [4.78, 5) is 0. The average molecular weight is 225 g/mol. The maximum Gasteiger partial charge on any atom is 0.0524 e. The third-order valence-electron chi connectivity index (χ3n) is 5.75. The zero-order valence-corrected chi connectivity index (χ0v) is 11.2. The molecule has 0 aromatic heterocycles. The number of hydrogen-bond acceptors (Lipinski definition) is 2. The van der Waals surface area contributed by atoms with Crippen molar-refractivity contribution >= 4 is 0 Å². The monoisotopic (exact) mass is 225 g/mol. The fraction of sp³-hybridized carbons (Fsp3) is 1.00. The molecule has 4 atom stereocenters. The predicted molar refractivity (Wildman–Crippen MR) is 67.3 cm³/mol. The zero-order chi connectivity index (χ0) is 12.0. The summed E-state index contributed by atoms with van der Waals surface area (Å²) in [7, 11) is 0. The molecule has 0 aliphatic heterocycles. The van der Waals surface area contributed by atoms with Gasteiger partial charge in [-0.25, -0.2) is 0 Å². The Labute approximate surface area is 99.8 Å². The minimum Gasteiger partial charge on any atom is -0.393 e.